The summed E-state index contributed by atoms with van der Waals surface area (Å²) in [6.07, 6.45) is 2.20. The van der Waals surface area contributed by atoms with Crippen molar-refractivity contribution in [2.24, 2.45) is 4.99 Å². The van der Waals surface area contributed by atoms with Crippen molar-refractivity contribution < 1.29 is 4.79 Å². The molecule has 110 valence electrons. The van der Waals surface area contributed by atoms with Crippen molar-refractivity contribution >= 4 is 23.2 Å². The minimum Gasteiger partial charge on any atom is -0.352 e. The highest BCUT2D eigenvalue weighted by molar-refractivity contribution is 7.11. The highest BCUT2D eigenvalue weighted by atomic mass is 32.1. The molecule has 0 spiro atoms. The van der Waals surface area contributed by atoms with E-state index in [-0.39, 0.29) is 12.5 Å². The molecular weight excluding hydrogens is 274 g/mol. The predicted octanol–water partition coefficient (Wildman–Crippen LogP) is 0.704. The summed E-state index contributed by atoms with van der Waals surface area (Å²) in [7, 11) is 1.69. The van der Waals surface area contributed by atoms with Crippen LogP contribution < -0.4 is 16.0 Å². The zero-order valence-corrected chi connectivity index (χ0v) is 12.9. The molecule has 0 aromatic carbocycles. The Balaban J connectivity index is 1.74. The van der Waals surface area contributed by atoms with Gasteiger partial charge in [-0.15, -0.1) is 11.3 Å². The molecular formula is C13H21N5OS. The van der Waals surface area contributed by atoms with E-state index in [2.05, 4.69) is 25.9 Å². The summed E-state index contributed by atoms with van der Waals surface area (Å²) in [5.74, 6) is 0.640. The van der Waals surface area contributed by atoms with Crippen LogP contribution in [0.5, 0.6) is 0 Å². The van der Waals surface area contributed by atoms with E-state index >= 15 is 0 Å². The Morgan fingerprint density at radius 3 is 2.70 bits per heavy atom. The number of rotatable bonds is 5. The van der Waals surface area contributed by atoms with Crippen molar-refractivity contribution in [3.05, 3.63) is 15.6 Å². The first-order valence-corrected chi connectivity index (χ1v) is 7.57. The van der Waals surface area contributed by atoms with Crippen molar-refractivity contribution in [2.75, 3.05) is 13.6 Å². The molecule has 1 fully saturated rings. The smallest absolute Gasteiger partial charge is 0.239 e. The van der Waals surface area contributed by atoms with Crippen molar-refractivity contribution in [3.63, 3.8) is 0 Å². The van der Waals surface area contributed by atoms with Gasteiger partial charge >= 0.3 is 0 Å². The minimum absolute atomic E-state index is 0.0141. The lowest BCUT2D eigenvalue weighted by molar-refractivity contribution is -0.120. The van der Waals surface area contributed by atoms with Crippen molar-refractivity contribution in [2.45, 2.75) is 39.3 Å². The number of aliphatic imine (C=N–C) groups is 1. The Morgan fingerprint density at radius 2 is 2.15 bits per heavy atom. The Kier molecular flexibility index (Phi) is 4.94. The third-order valence-corrected chi connectivity index (χ3v) is 4.07. The number of thiazole rings is 1. The maximum Gasteiger partial charge on any atom is 0.239 e. The second-order valence-electron chi connectivity index (χ2n) is 4.86. The lowest BCUT2D eigenvalue weighted by atomic mass is 10.4. The van der Waals surface area contributed by atoms with Gasteiger partial charge < -0.3 is 16.0 Å². The summed E-state index contributed by atoms with van der Waals surface area (Å²) in [6.45, 7) is 4.91. The first-order valence-electron chi connectivity index (χ1n) is 6.75. The fraction of sp³-hybridized carbons (Fsp3) is 0.615. The molecule has 20 heavy (non-hydrogen) atoms. The number of aryl methyl sites for hydroxylation is 2. The molecule has 0 bridgehead atoms. The van der Waals surface area contributed by atoms with Crippen LogP contribution >= 0.6 is 11.3 Å². The molecule has 1 amide bonds. The fourth-order valence-electron chi connectivity index (χ4n) is 1.79. The maximum atomic E-state index is 11.6. The van der Waals surface area contributed by atoms with Crippen LogP contribution in [-0.2, 0) is 11.3 Å². The molecule has 0 saturated heterocycles. The summed E-state index contributed by atoms with van der Waals surface area (Å²) >= 11 is 1.67. The van der Waals surface area contributed by atoms with Crippen LogP contribution in [0.4, 0.5) is 0 Å². The van der Waals surface area contributed by atoms with E-state index in [9.17, 15) is 4.79 Å². The zero-order chi connectivity index (χ0) is 14.5. The molecule has 1 saturated carbocycles. The van der Waals surface area contributed by atoms with Crippen molar-refractivity contribution in [3.8, 4) is 0 Å². The number of nitrogens with zero attached hydrogens (tertiary/aromatic N) is 2. The molecule has 1 heterocycles. The van der Waals surface area contributed by atoms with Crippen molar-refractivity contribution in [1.29, 1.82) is 0 Å². The van der Waals surface area contributed by atoms with E-state index in [1.807, 2.05) is 13.8 Å². The Morgan fingerprint density at radius 1 is 1.40 bits per heavy atom. The van der Waals surface area contributed by atoms with Gasteiger partial charge in [0.1, 0.15) is 0 Å². The van der Waals surface area contributed by atoms with Crippen LogP contribution in [0.25, 0.3) is 0 Å². The maximum absolute atomic E-state index is 11.6. The first kappa shape index (κ1) is 14.8. The van der Waals surface area contributed by atoms with E-state index in [0.717, 1.165) is 23.5 Å². The molecule has 0 atom stereocenters. The van der Waals surface area contributed by atoms with Crippen LogP contribution in [0.2, 0.25) is 0 Å². The van der Waals surface area contributed by atoms with Gasteiger partial charge in [0.25, 0.3) is 0 Å². The molecule has 7 heteroatoms. The molecule has 3 N–H and O–H groups in total. The van der Waals surface area contributed by atoms with E-state index in [1.165, 1.54) is 4.88 Å². The van der Waals surface area contributed by atoms with Gasteiger partial charge in [-0.25, -0.2) is 4.98 Å². The second-order valence-corrected chi connectivity index (χ2v) is 6.15. The summed E-state index contributed by atoms with van der Waals surface area (Å²) in [6, 6.07) is 0.391. The van der Waals surface area contributed by atoms with Crippen LogP contribution in [0.1, 0.15) is 28.4 Å². The molecule has 1 aliphatic rings. The second kappa shape index (κ2) is 6.69. The average molecular weight is 295 g/mol. The average Bonchev–Trinajstić information content (AvgIpc) is 3.15. The number of guanidine groups is 1. The molecule has 0 unspecified atom stereocenters. The van der Waals surface area contributed by atoms with E-state index < -0.39 is 0 Å². The number of aromatic nitrogens is 1. The zero-order valence-electron chi connectivity index (χ0n) is 12.1. The topological polar surface area (TPSA) is 78.4 Å². The summed E-state index contributed by atoms with van der Waals surface area (Å²) in [4.78, 5) is 21.3. The minimum atomic E-state index is 0.0141. The fourth-order valence-corrected chi connectivity index (χ4v) is 2.67. The Bertz CT molecular complexity index is 507. The van der Waals surface area contributed by atoms with Gasteiger partial charge in [-0.1, -0.05) is 0 Å². The molecule has 1 aliphatic carbocycles. The number of hydrogen-bond donors (Lipinski definition) is 3. The molecule has 0 aliphatic heterocycles. The van der Waals surface area contributed by atoms with Gasteiger partial charge in [-0.2, -0.15) is 0 Å². The largest absolute Gasteiger partial charge is 0.352 e. The van der Waals surface area contributed by atoms with E-state index in [0.29, 0.717) is 18.5 Å². The number of nitrogens with one attached hydrogen (secondary N) is 3. The third kappa shape index (κ3) is 4.48. The van der Waals surface area contributed by atoms with Crippen LogP contribution in [0, 0.1) is 13.8 Å². The van der Waals surface area contributed by atoms with E-state index in [1.54, 1.807) is 18.4 Å². The molecule has 2 rings (SSSR count). The third-order valence-electron chi connectivity index (χ3n) is 3.00. The monoisotopic (exact) mass is 295 g/mol. The van der Waals surface area contributed by atoms with Crippen LogP contribution in [0.3, 0.4) is 0 Å². The number of carbonyl (C=O) groups is 1. The number of carbonyl (C=O) groups excluding carboxylic acids is 1. The highest BCUT2D eigenvalue weighted by Gasteiger charge is 2.22. The number of hydrogen-bond acceptors (Lipinski definition) is 4. The Hall–Kier alpha value is -1.63. The highest BCUT2D eigenvalue weighted by Crippen LogP contribution is 2.18. The molecule has 6 nitrogen and oxygen atoms in total. The predicted molar refractivity (Wildman–Crippen MR) is 81.0 cm³/mol. The lowest BCUT2D eigenvalue weighted by Gasteiger charge is -2.11. The van der Waals surface area contributed by atoms with Gasteiger partial charge in [0.15, 0.2) is 5.96 Å². The summed E-state index contributed by atoms with van der Waals surface area (Å²) in [5.41, 5.74) is 1.04. The van der Waals surface area contributed by atoms with E-state index in [4.69, 9.17) is 0 Å². The van der Waals surface area contributed by atoms with Crippen LogP contribution in [-0.4, -0.2) is 36.5 Å². The van der Waals surface area contributed by atoms with Gasteiger partial charge in [-0.05, 0) is 26.7 Å². The standard InChI is InChI=1S/C13H21N5OS/c1-8-11(20-9(2)17-8)6-15-13(14-3)16-7-12(19)18-10-4-5-10/h10H,4-7H2,1-3H3,(H,18,19)(H2,14,15,16). The number of amides is 1. The molecule has 0 radical (unpaired) electrons. The summed E-state index contributed by atoms with van der Waals surface area (Å²) in [5, 5.41) is 10.2. The lowest BCUT2D eigenvalue weighted by Crippen LogP contribution is -2.43. The SMILES string of the molecule is CN=C(NCC(=O)NC1CC1)NCc1sc(C)nc1C. The first-order chi connectivity index (χ1) is 9.58. The quantitative estimate of drug-likeness (QED) is 0.552. The van der Waals surface area contributed by atoms with Gasteiger partial charge in [0.05, 0.1) is 23.8 Å². The van der Waals surface area contributed by atoms with Crippen molar-refractivity contribution in [1.82, 2.24) is 20.9 Å². The van der Waals surface area contributed by atoms with Gasteiger partial charge in [0.2, 0.25) is 5.91 Å². The summed E-state index contributed by atoms with van der Waals surface area (Å²) < 4.78 is 0. The van der Waals surface area contributed by atoms with Gasteiger partial charge in [-0.3, -0.25) is 9.79 Å². The Labute approximate surface area is 123 Å². The van der Waals surface area contributed by atoms with Gasteiger partial charge in [0, 0.05) is 18.0 Å². The van der Waals surface area contributed by atoms with Crippen LogP contribution in [0.15, 0.2) is 4.99 Å². The molecule has 1 aromatic rings. The normalized spacial score (nSPS) is 15.1. The molecule has 1 aromatic heterocycles.